The van der Waals surface area contributed by atoms with Gasteiger partial charge < -0.3 is 10.6 Å². The third-order valence-electron chi connectivity index (χ3n) is 2.70. The molecule has 0 saturated carbocycles. The average Bonchev–Trinajstić information content (AvgIpc) is 2.39. The van der Waals surface area contributed by atoms with Crippen LogP contribution in [0.15, 0.2) is 34.8 Å². The van der Waals surface area contributed by atoms with Gasteiger partial charge >= 0.3 is 0 Å². The largest absolute Gasteiger partial charge is 0.370 e. The van der Waals surface area contributed by atoms with Gasteiger partial charge in [0.2, 0.25) is 0 Å². The van der Waals surface area contributed by atoms with Crippen molar-refractivity contribution in [3.63, 3.8) is 0 Å². The van der Waals surface area contributed by atoms with Crippen molar-refractivity contribution in [3.8, 4) is 0 Å². The Bertz CT molecular complexity index is 547. The number of nitrogens with one attached hydrogen (secondary N) is 2. The zero-order valence-corrected chi connectivity index (χ0v) is 13.4. The summed E-state index contributed by atoms with van der Waals surface area (Å²) in [6.45, 7) is 5.03. The molecule has 0 aliphatic heterocycles. The topological polar surface area (TPSA) is 49.8 Å². The molecule has 4 nitrogen and oxygen atoms in total. The second-order valence-electron chi connectivity index (χ2n) is 4.47. The molecule has 0 fully saturated rings. The molecule has 0 radical (unpaired) electrons. The van der Waals surface area contributed by atoms with Gasteiger partial charge in [-0.1, -0.05) is 28.9 Å². The van der Waals surface area contributed by atoms with E-state index in [-0.39, 0.29) is 0 Å². The molecule has 5 heteroatoms. The molecule has 0 atom stereocenters. The van der Waals surface area contributed by atoms with Crippen LogP contribution in [-0.4, -0.2) is 16.5 Å². The van der Waals surface area contributed by atoms with Crippen LogP contribution < -0.4 is 10.6 Å². The second-order valence-corrected chi connectivity index (χ2v) is 5.39. The Hall–Kier alpha value is -1.62. The Labute approximate surface area is 128 Å². The molecule has 2 aromatic rings. The lowest BCUT2D eigenvalue weighted by molar-refractivity contribution is 0.836. The number of halogens is 1. The van der Waals surface area contributed by atoms with Gasteiger partial charge in [-0.05, 0) is 31.5 Å². The first kappa shape index (κ1) is 14.8. The maximum absolute atomic E-state index is 4.55. The standard InChI is InChI=1S/C15H19BrN4/c1-3-6-13-19-14(17-4-2)10-15(20-13)18-12-8-5-7-11(16)9-12/h5,7-10H,3-4,6H2,1-2H3,(H2,17,18,19,20). The fourth-order valence-electron chi connectivity index (χ4n) is 1.88. The summed E-state index contributed by atoms with van der Waals surface area (Å²) in [6.07, 6.45) is 1.91. The van der Waals surface area contributed by atoms with Crippen LogP contribution in [0.25, 0.3) is 0 Å². The first-order valence-corrected chi connectivity index (χ1v) is 7.65. The minimum Gasteiger partial charge on any atom is -0.370 e. The maximum Gasteiger partial charge on any atom is 0.136 e. The van der Waals surface area contributed by atoms with Crippen molar-refractivity contribution in [1.29, 1.82) is 0 Å². The number of rotatable bonds is 6. The van der Waals surface area contributed by atoms with Crippen LogP contribution in [0, 0.1) is 0 Å². The summed E-state index contributed by atoms with van der Waals surface area (Å²) in [5.41, 5.74) is 1.00. The highest BCUT2D eigenvalue weighted by molar-refractivity contribution is 9.10. The predicted octanol–water partition coefficient (Wildman–Crippen LogP) is 4.37. The van der Waals surface area contributed by atoms with E-state index in [1.54, 1.807) is 0 Å². The van der Waals surface area contributed by atoms with Gasteiger partial charge in [0.25, 0.3) is 0 Å². The highest BCUT2D eigenvalue weighted by Gasteiger charge is 2.04. The lowest BCUT2D eigenvalue weighted by atomic mass is 10.3. The maximum atomic E-state index is 4.55. The molecule has 20 heavy (non-hydrogen) atoms. The third kappa shape index (κ3) is 4.20. The van der Waals surface area contributed by atoms with Crippen molar-refractivity contribution in [2.24, 2.45) is 0 Å². The number of benzene rings is 1. The molecular weight excluding hydrogens is 316 g/mol. The van der Waals surface area contributed by atoms with E-state index in [4.69, 9.17) is 0 Å². The van der Waals surface area contributed by atoms with Gasteiger partial charge in [0.1, 0.15) is 17.5 Å². The molecule has 0 aliphatic rings. The van der Waals surface area contributed by atoms with Crippen molar-refractivity contribution in [2.75, 3.05) is 17.2 Å². The van der Waals surface area contributed by atoms with Crippen LogP contribution in [0.5, 0.6) is 0 Å². The zero-order valence-electron chi connectivity index (χ0n) is 11.8. The fraction of sp³-hybridized carbons (Fsp3) is 0.333. The van der Waals surface area contributed by atoms with Crippen LogP contribution in [0.1, 0.15) is 26.1 Å². The molecule has 0 aliphatic carbocycles. The van der Waals surface area contributed by atoms with Crippen molar-refractivity contribution >= 4 is 33.3 Å². The van der Waals surface area contributed by atoms with E-state index in [1.807, 2.05) is 30.3 Å². The lowest BCUT2D eigenvalue weighted by Crippen LogP contribution is -2.06. The zero-order chi connectivity index (χ0) is 14.4. The summed E-state index contributed by atoms with van der Waals surface area (Å²) in [5.74, 6) is 2.55. The highest BCUT2D eigenvalue weighted by atomic mass is 79.9. The van der Waals surface area contributed by atoms with Gasteiger partial charge in [0.15, 0.2) is 0 Å². The van der Waals surface area contributed by atoms with Gasteiger partial charge in [-0.25, -0.2) is 9.97 Å². The fourth-order valence-corrected chi connectivity index (χ4v) is 2.28. The summed E-state index contributed by atoms with van der Waals surface area (Å²) in [4.78, 5) is 9.05. The number of anilines is 3. The Morgan fingerprint density at radius 3 is 2.60 bits per heavy atom. The van der Waals surface area contributed by atoms with E-state index in [1.165, 1.54) is 0 Å². The minimum absolute atomic E-state index is 0.817. The molecular formula is C15H19BrN4. The lowest BCUT2D eigenvalue weighted by Gasteiger charge is -2.10. The van der Waals surface area contributed by atoms with E-state index in [9.17, 15) is 0 Å². The van der Waals surface area contributed by atoms with Crippen LogP contribution in [0.4, 0.5) is 17.3 Å². The molecule has 0 saturated heterocycles. The van der Waals surface area contributed by atoms with E-state index < -0.39 is 0 Å². The molecule has 2 rings (SSSR count). The molecule has 1 heterocycles. The second kappa shape index (κ2) is 7.24. The van der Waals surface area contributed by atoms with Gasteiger partial charge in [0.05, 0.1) is 0 Å². The molecule has 1 aromatic carbocycles. The number of hydrogen-bond donors (Lipinski definition) is 2. The summed E-state index contributed by atoms with van der Waals surface area (Å²) in [7, 11) is 0. The van der Waals surface area contributed by atoms with Crippen LogP contribution in [-0.2, 0) is 6.42 Å². The average molecular weight is 335 g/mol. The first-order chi connectivity index (χ1) is 9.71. The predicted molar refractivity (Wildman–Crippen MR) is 87.6 cm³/mol. The number of aryl methyl sites for hydroxylation is 1. The van der Waals surface area contributed by atoms with Crippen molar-refractivity contribution in [3.05, 3.63) is 40.6 Å². The van der Waals surface area contributed by atoms with Crippen molar-refractivity contribution in [2.45, 2.75) is 26.7 Å². The van der Waals surface area contributed by atoms with E-state index in [0.29, 0.717) is 0 Å². The molecule has 0 unspecified atom stereocenters. The van der Waals surface area contributed by atoms with E-state index in [0.717, 1.165) is 47.0 Å². The molecule has 0 spiro atoms. The Morgan fingerprint density at radius 1 is 1.10 bits per heavy atom. The van der Waals surface area contributed by atoms with Gasteiger partial charge in [-0.2, -0.15) is 0 Å². The summed E-state index contributed by atoms with van der Waals surface area (Å²) in [6, 6.07) is 9.96. The molecule has 0 amide bonds. The first-order valence-electron chi connectivity index (χ1n) is 6.85. The normalized spacial score (nSPS) is 10.3. The number of hydrogen-bond acceptors (Lipinski definition) is 4. The van der Waals surface area contributed by atoms with Crippen LogP contribution in [0.2, 0.25) is 0 Å². The van der Waals surface area contributed by atoms with Gasteiger partial charge in [-0.3, -0.25) is 0 Å². The summed E-state index contributed by atoms with van der Waals surface area (Å²) in [5, 5.41) is 6.56. The molecule has 106 valence electrons. The van der Waals surface area contributed by atoms with Crippen molar-refractivity contribution in [1.82, 2.24) is 9.97 Å². The number of aromatic nitrogens is 2. The smallest absolute Gasteiger partial charge is 0.136 e. The van der Waals surface area contributed by atoms with E-state index in [2.05, 4.69) is 50.4 Å². The summed E-state index contributed by atoms with van der Waals surface area (Å²) >= 11 is 3.47. The van der Waals surface area contributed by atoms with Gasteiger partial charge in [0, 0.05) is 29.2 Å². The van der Waals surface area contributed by atoms with Crippen LogP contribution in [0.3, 0.4) is 0 Å². The SMILES string of the molecule is CCCc1nc(NCC)cc(Nc2cccc(Br)c2)n1. The molecule has 1 aromatic heterocycles. The quantitative estimate of drug-likeness (QED) is 0.823. The highest BCUT2D eigenvalue weighted by Crippen LogP contribution is 2.21. The summed E-state index contributed by atoms with van der Waals surface area (Å²) < 4.78 is 1.04. The number of nitrogens with zero attached hydrogens (tertiary/aromatic N) is 2. The Kier molecular flexibility index (Phi) is 5.35. The molecule has 2 N–H and O–H groups in total. The third-order valence-corrected chi connectivity index (χ3v) is 3.19. The van der Waals surface area contributed by atoms with Gasteiger partial charge in [-0.15, -0.1) is 0 Å². The Morgan fingerprint density at radius 2 is 1.90 bits per heavy atom. The van der Waals surface area contributed by atoms with Crippen molar-refractivity contribution < 1.29 is 0 Å². The van der Waals surface area contributed by atoms with Crippen LogP contribution >= 0.6 is 15.9 Å². The Balaban J connectivity index is 2.25. The monoisotopic (exact) mass is 334 g/mol. The molecule has 0 bridgehead atoms. The van der Waals surface area contributed by atoms with E-state index >= 15 is 0 Å². The minimum atomic E-state index is 0.817.